The summed E-state index contributed by atoms with van der Waals surface area (Å²) in [6.07, 6.45) is 7.36. The monoisotopic (exact) mass is 441 g/mol. The second-order valence-corrected chi connectivity index (χ2v) is 6.12. The van der Waals surface area contributed by atoms with Gasteiger partial charge in [0, 0.05) is 46.6 Å². The summed E-state index contributed by atoms with van der Waals surface area (Å²) < 4.78 is 10.7. The highest BCUT2D eigenvalue weighted by atomic mass is 127. The van der Waals surface area contributed by atoms with Gasteiger partial charge in [0.1, 0.15) is 0 Å². The molecule has 5 nitrogen and oxygen atoms in total. The molecule has 0 saturated heterocycles. The lowest BCUT2D eigenvalue weighted by molar-refractivity contribution is 0.107. The molecule has 138 valence electrons. The molecule has 0 aromatic rings. The molecule has 1 saturated carbocycles. The number of methoxy groups -OCH3 is 1. The molecular formula is C17H36IN3O2. The van der Waals surface area contributed by atoms with E-state index in [4.69, 9.17) is 14.5 Å². The van der Waals surface area contributed by atoms with E-state index in [1.807, 2.05) is 0 Å². The van der Waals surface area contributed by atoms with Crippen LogP contribution in [0.15, 0.2) is 4.99 Å². The van der Waals surface area contributed by atoms with Crippen molar-refractivity contribution in [1.29, 1.82) is 0 Å². The molecule has 0 unspecified atom stereocenters. The van der Waals surface area contributed by atoms with E-state index in [2.05, 4.69) is 24.5 Å². The lowest BCUT2D eigenvalue weighted by atomic mass is 9.83. The molecular weight excluding hydrogens is 405 g/mol. The molecule has 0 aromatic carbocycles. The number of ether oxygens (including phenoxy) is 2. The van der Waals surface area contributed by atoms with Gasteiger partial charge in [0.05, 0.1) is 0 Å². The molecule has 23 heavy (non-hydrogen) atoms. The third-order valence-corrected chi connectivity index (χ3v) is 4.38. The van der Waals surface area contributed by atoms with Crippen LogP contribution >= 0.6 is 24.0 Å². The van der Waals surface area contributed by atoms with Crippen molar-refractivity contribution in [2.24, 2.45) is 10.4 Å². The maximum absolute atomic E-state index is 5.57. The Balaban J connectivity index is 0.00000484. The van der Waals surface area contributed by atoms with Gasteiger partial charge in [-0.3, -0.25) is 4.99 Å². The Bertz CT molecular complexity index is 308. The van der Waals surface area contributed by atoms with Crippen molar-refractivity contribution in [2.75, 3.05) is 46.6 Å². The Hall–Kier alpha value is -0.0800. The van der Waals surface area contributed by atoms with Crippen LogP contribution in [0.2, 0.25) is 0 Å². The molecule has 0 bridgehead atoms. The van der Waals surface area contributed by atoms with Gasteiger partial charge in [-0.15, -0.1) is 24.0 Å². The normalized spacial score (nSPS) is 16.9. The van der Waals surface area contributed by atoms with Crippen molar-refractivity contribution < 1.29 is 9.47 Å². The predicted molar refractivity (Wildman–Crippen MR) is 108 cm³/mol. The topological polar surface area (TPSA) is 54.9 Å². The SMILES string of the molecule is CCNC(=NCC1(CCOCC)CCCC1)NCCCOC.I. The molecule has 6 heteroatoms. The minimum atomic E-state index is 0. The van der Waals surface area contributed by atoms with E-state index in [-0.39, 0.29) is 24.0 Å². The first-order chi connectivity index (χ1) is 10.8. The lowest BCUT2D eigenvalue weighted by Crippen LogP contribution is -2.39. The van der Waals surface area contributed by atoms with Gasteiger partial charge < -0.3 is 20.1 Å². The molecule has 1 fully saturated rings. The Morgan fingerprint density at radius 3 is 2.48 bits per heavy atom. The second-order valence-electron chi connectivity index (χ2n) is 6.12. The summed E-state index contributed by atoms with van der Waals surface area (Å²) in [6, 6.07) is 0. The zero-order valence-electron chi connectivity index (χ0n) is 15.2. The highest BCUT2D eigenvalue weighted by molar-refractivity contribution is 14.0. The van der Waals surface area contributed by atoms with Crippen molar-refractivity contribution in [3.05, 3.63) is 0 Å². The summed E-state index contributed by atoms with van der Waals surface area (Å²) >= 11 is 0. The fraction of sp³-hybridized carbons (Fsp3) is 0.941. The van der Waals surface area contributed by atoms with Gasteiger partial charge >= 0.3 is 0 Å². The van der Waals surface area contributed by atoms with E-state index < -0.39 is 0 Å². The molecule has 0 aromatic heterocycles. The first-order valence-corrected chi connectivity index (χ1v) is 8.85. The Labute approximate surface area is 159 Å². The maximum Gasteiger partial charge on any atom is 0.191 e. The summed E-state index contributed by atoms with van der Waals surface area (Å²) in [5.41, 5.74) is 0.351. The quantitative estimate of drug-likeness (QED) is 0.224. The minimum Gasteiger partial charge on any atom is -0.385 e. The largest absolute Gasteiger partial charge is 0.385 e. The van der Waals surface area contributed by atoms with Crippen LogP contribution in [0.5, 0.6) is 0 Å². The summed E-state index contributed by atoms with van der Waals surface area (Å²) in [6.45, 7) is 9.31. The number of hydrogen-bond acceptors (Lipinski definition) is 3. The van der Waals surface area contributed by atoms with E-state index >= 15 is 0 Å². The van der Waals surface area contributed by atoms with Crippen molar-refractivity contribution in [1.82, 2.24) is 10.6 Å². The Morgan fingerprint density at radius 2 is 1.87 bits per heavy atom. The first kappa shape index (κ1) is 22.9. The highest BCUT2D eigenvalue weighted by Gasteiger charge is 2.33. The molecule has 0 heterocycles. The van der Waals surface area contributed by atoms with E-state index in [1.54, 1.807) is 7.11 Å². The zero-order valence-corrected chi connectivity index (χ0v) is 17.5. The number of aliphatic imine (C=N–C) groups is 1. The van der Waals surface area contributed by atoms with Gasteiger partial charge in [-0.05, 0) is 44.9 Å². The van der Waals surface area contributed by atoms with Gasteiger partial charge in [-0.1, -0.05) is 12.8 Å². The number of hydrogen-bond donors (Lipinski definition) is 2. The van der Waals surface area contributed by atoms with Crippen molar-refractivity contribution >= 4 is 29.9 Å². The van der Waals surface area contributed by atoms with Crippen LogP contribution in [0, 0.1) is 5.41 Å². The zero-order chi connectivity index (χ0) is 16.1. The average molecular weight is 441 g/mol. The molecule has 0 atom stereocenters. The van der Waals surface area contributed by atoms with Crippen LogP contribution in [0.1, 0.15) is 52.4 Å². The molecule has 0 amide bonds. The Kier molecular flexibility index (Phi) is 14.2. The van der Waals surface area contributed by atoms with Crippen LogP contribution < -0.4 is 10.6 Å². The average Bonchev–Trinajstić information content (AvgIpc) is 2.98. The predicted octanol–water partition coefficient (Wildman–Crippen LogP) is 3.18. The molecule has 1 aliphatic rings. The van der Waals surface area contributed by atoms with Crippen LogP contribution in [0.4, 0.5) is 0 Å². The van der Waals surface area contributed by atoms with E-state index in [0.29, 0.717) is 5.41 Å². The van der Waals surface area contributed by atoms with Crippen LogP contribution in [-0.2, 0) is 9.47 Å². The third-order valence-electron chi connectivity index (χ3n) is 4.38. The number of nitrogens with one attached hydrogen (secondary N) is 2. The van der Waals surface area contributed by atoms with Crippen LogP contribution in [0.25, 0.3) is 0 Å². The third kappa shape index (κ3) is 9.72. The fourth-order valence-electron chi connectivity index (χ4n) is 3.06. The van der Waals surface area contributed by atoms with Crippen molar-refractivity contribution in [2.45, 2.75) is 52.4 Å². The summed E-state index contributed by atoms with van der Waals surface area (Å²) in [4.78, 5) is 4.84. The fourth-order valence-corrected chi connectivity index (χ4v) is 3.06. The second kappa shape index (κ2) is 14.3. The summed E-state index contributed by atoms with van der Waals surface area (Å²) in [5.74, 6) is 0.932. The molecule has 1 rings (SSSR count). The first-order valence-electron chi connectivity index (χ1n) is 8.85. The smallest absolute Gasteiger partial charge is 0.191 e. The van der Waals surface area contributed by atoms with Gasteiger partial charge in [-0.25, -0.2) is 0 Å². The van der Waals surface area contributed by atoms with E-state index in [0.717, 1.165) is 58.3 Å². The van der Waals surface area contributed by atoms with Crippen LogP contribution in [0.3, 0.4) is 0 Å². The number of nitrogens with zero attached hydrogens (tertiary/aromatic N) is 1. The van der Waals surface area contributed by atoms with E-state index in [1.165, 1.54) is 25.7 Å². The molecule has 0 radical (unpaired) electrons. The standard InChI is InChI=1S/C17H35N3O2.HI/c1-4-18-16(19-12-8-13-21-3)20-15-17(9-6-7-10-17)11-14-22-5-2;/h4-15H2,1-3H3,(H2,18,19,20);1H. The number of halogens is 1. The van der Waals surface area contributed by atoms with Crippen LogP contribution in [-0.4, -0.2) is 52.5 Å². The maximum atomic E-state index is 5.57. The van der Waals surface area contributed by atoms with Gasteiger partial charge in [0.25, 0.3) is 0 Å². The minimum absolute atomic E-state index is 0. The summed E-state index contributed by atoms with van der Waals surface area (Å²) in [7, 11) is 1.74. The molecule has 0 spiro atoms. The highest BCUT2D eigenvalue weighted by Crippen LogP contribution is 2.41. The van der Waals surface area contributed by atoms with Gasteiger partial charge in [-0.2, -0.15) is 0 Å². The Morgan fingerprint density at radius 1 is 1.13 bits per heavy atom. The lowest BCUT2D eigenvalue weighted by Gasteiger charge is -2.27. The summed E-state index contributed by atoms with van der Waals surface area (Å²) in [5, 5.41) is 6.73. The van der Waals surface area contributed by atoms with Crippen molar-refractivity contribution in [3.63, 3.8) is 0 Å². The van der Waals surface area contributed by atoms with E-state index in [9.17, 15) is 0 Å². The molecule has 2 N–H and O–H groups in total. The number of guanidine groups is 1. The molecule has 1 aliphatic carbocycles. The van der Waals surface area contributed by atoms with Crippen molar-refractivity contribution in [3.8, 4) is 0 Å². The van der Waals surface area contributed by atoms with Gasteiger partial charge in [0.2, 0.25) is 0 Å². The number of rotatable bonds is 11. The molecule has 0 aliphatic heterocycles. The van der Waals surface area contributed by atoms with Gasteiger partial charge in [0.15, 0.2) is 5.96 Å².